The average molecular weight is 240 g/mol. The molecule has 0 aromatic heterocycles. The second kappa shape index (κ2) is 6.75. The second-order valence-electron chi connectivity index (χ2n) is 7.02. The lowest BCUT2D eigenvalue weighted by molar-refractivity contribution is 0.284. The minimum Gasteiger partial charge on any atom is -0.313 e. The minimum absolute atomic E-state index is 0.545. The van der Waals surface area contributed by atoms with Crippen LogP contribution in [0.4, 0.5) is 0 Å². The van der Waals surface area contributed by atoms with E-state index < -0.39 is 0 Å². The van der Waals surface area contributed by atoms with Crippen molar-refractivity contribution in [1.82, 2.24) is 10.2 Å². The number of rotatable bonds is 7. The Hall–Kier alpha value is -0.0800. The predicted molar refractivity (Wildman–Crippen MR) is 76.4 cm³/mol. The molecule has 0 amide bonds. The van der Waals surface area contributed by atoms with Gasteiger partial charge in [0.2, 0.25) is 0 Å². The molecule has 102 valence electrons. The maximum atomic E-state index is 3.65. The van der Waals surface area contributed by atoms with Gasteiger partial charge in [0.05, 0.1) is 0 Å². The van der Waals surface area contributed by atoms with E-state index in [9.17, 15) is 0 Å². The monoisotopic (exact) mass is 240 g/mol. The number of nitrogens with zero attached hydrogens (tertiary/aromatic N) is 1. The van der Waals surface area contributed by atoms with Crippen LogP contribution >= 0.6 is 0 Å². The molecule has 0 spiro atoms. The molecule has 0 saturated carbocycles. The van der Waals surface area contributed by atoms with Gasteiger partial charge in [0.15, 0.2) is 0 Å². The molecule has 0 radical (unpaired) electrons. The van der Waals surface area contributed by atoms with Gasteiger partial charge in [-0.1, -0.05) is 27.7 Å². The van der Waals surface area contributed by atoms with E-state index in [1.165, 1.54) is 38.9 Å². The Kier molecular flexibility index (Phi) is 5.94. The lowest BCUT2D eigenvalue weighted by Crippen LogP contribution is -2.35. The van der Waals surface area contributed by atoms with Gasteiger partial charge in [-0.15, -0.1) is 0 Å². The quantitative estimate of drug-likeness (QED) is 0.735. The molecule has 0 aromatic rings. The Morgan fingerprint density at radius 2 is 1.88 bits per heavy atom. The zero-order chi connectivity index (χ0) is 12.9. The zero-order valence-corrected chi connectivity index (χ0v) is 12.6. The van der Waals surface area contributed by atoms with Crippen LogP contribution in [0.3, 0.4) is 0 Å². The van der Waals surface area contributed by atoms with Gasteiger partial charge in [0.25, 0.3) is 0 Å². The topological polar surface area (TPSA) is 15.3 Å². The van der Waals surface area contributed by atoms with Crippen molar-refractivity contribution in [3.05, 3.63) is 0 Å². The highest BCUT2D eigenvalue weighted by molar-refractivity contribution is 4.82. The van der Waals surface area contributed by atoms with Crippen LogP contribution in [0.5, 0.6) is 0 Å². The molecule has 0 bridgehead atoms. The minimum atomic E-state index is 0.545. The third-order valence-corrected chi connectivity index (χ3v) is 3.85. The molecule has 1 fully saturated rings. The summed E-state index contributed by atoms with van der Waals surface area (Å²) in [5.41, 5.74) is 0.545. The number of likely N-dealkylation sites (tertiary alicyclic amines) is 1. The van der Waals surface area contributed by atoms with Crippen molar-refractivity contribution in [2.45, 2.75) is 59.9 Å². The largest absolute Gasteiger partial charge is 0.313 e. The summed E-state index contributed by atoms with van der Waals surface area (Å²) >= 11 is 0. The fraction of sp³-hybridized carbons (Fsp3) is 1.00. The smallest absolute Gasteiger partial charge is 0.0107 e. The van der Waals surface area contributed by atoms with E-state index in [1.54, 1.807) is 0 Å². The molecule has 1 heterocycles. The molecule has 1 saturated heterocycles. The fourth-order valence-electron chi connectivity index (χ4n) is 2.57. The van der Waals surface area contributed by atoms with Crippen molar-refractivity contribution in [3.63, 3.8) is 0 Å². The first-order chi connectivity index (χ1) is 7.89. The summed E-state index contributed by atoms with van der Waals surface area (Å²) in [6, 6.07) is 0.674. The van der Waals surface area contributed by atoms with E-state index in [-0.39, 0.29) is 0 Å². The van der Waals surface area contributed by atoms with E-state index in [0.29, 0.717) is 11.5 Å². The molecule has 1 aliphatic rings. The highest BCUT2D eigenvalue weighted by atomic mass is 15.2. The van der Waals surface area contributed by atoms with E-state index >= 15 is 0 Å². The molecule has 17 heavy (non-hydrogen) atoms. The van der Waals surface area contributed by atoms with Crippen LogP contribution in [-0.4, -0.2) is 37.1 Å². The summed E-state index contributed by atoms with van der Waals surface area (Å²) in [6.07, 6.45) is 4.00. The van der Waals surface area contributed by atoms with Gasteiger partial charge >= 0.3 is 0 Å². The Morgan fingerprint density at radius 3 is 2.41 bits per heavy atom. The summed E-state index contributed by atoms with van der Waals surface area (Å²) in [6.45, 7) is 16.6. The summed E-state index contributed by atoms with van der Waals surface area (Å²) in [4.78, 5) is 2.60. The van der Waals surface area contributed by atoms with Crippen LogP contribution in [0, 0.1) is 11.3 Å². The van der Waals surface area contributed by atoms with Crippen molar-refractivity contribution in [1.29, 1.82) is 0 Å². The van der Waals surface area contributed by atoms with Gasteiger partial charge < -0.3 is 10.2 Å². The Balaban J connectivity index is 2.04. The van der Waals surface area contributed by atoms with Crippen LogP contribution in [0.25, 0.3) is 0 Å². The van der Waals surface area contributed by atoms with Crippen LogP contribution in [0.15, 0.2) is 0 Å². The Morgan fingerprint density at radius 1 is 1.18 bits per heavy atom. The van der Waals surface area contributed by atoms with Crippen molar-refractivity contribution < 1.29 is 0 Å². The molecule has 1 rings (SSSR count). The highest BCUT2D eigenvalue weighted by Gasteiger charge is 2.28. The van der Waals surface area contributed by atoms with Gasteiger partial charge in [-0.25, -0.2) is 0 Å². The molecule has 2 nitrogen and oxygen atoms in total. The third kappa shape index (κ3) is 6.42. The van der Waals surface area contributed by atoms with Gasteiger partial charge in [-0.05, 0) is 44.1 Å². The number of nitrogens with one attached hydrogen (secondary N) is 1. The van der Waals surface area contributed by atoms with Crippen molar-refractivity contribution >= 4 is 0 Å². The molecule has 0 aliphatic carbocycles. The van der Waals surface area contributed by atoms with Crippen molar-refractivity contribution in [2.24, 2.45) is 11.3 Å². The first kappa shape index (κ1) is 15.0. The lowest BCUT2D eigenvalue weighted by atomic mass is 9.93. The molecular weight excluding hydrogens is 208 g/mol. The van der Waals surface area contributed by atoms with Crippen LogP contribution in [-0.2, 0) is 0 Å². The fourth-order valence-corrected chi connectivity index (χ4v) is 2.57. The molecule has 0 aromatic carbocycles. The lowest BCUT2D eigenvalue weighted by Gasteiger charge is -2.21. The Bertz CT molecular complexity index is 211. The molecule has 2 heteroatoms. The molecule has 1 atom stereocenters. The molecule has 1 N–H and O–H groups in total. The maximum absolute atomic E-state index is 3.65. The second-order valence-corrected chi connectivity index (χ2v) is 7.02. The van der Waals surface area contributed by atoms with Crippen molar-refractivity contribution in [3.8, 4) is 0 Å². The SMILES string of the molecule is CC(C)CCC(C)NCCN1CCC(C)(C)C1. The molecular formula is C15H32N2. The van der Waals surface area contributed by atoms with Gasteiger partial charge in [0, 0.05) is 25.7 Å². The van der Waals surface area contributed by atoms with Gasteiger partial charge in [-0.3, -0.25) is 0 Å². The highest BCUT2D eigenvalue weighted by Crippen LogP contribution is 2.28. The normalized spacial score (nSPS) is 22.2. The summed E-state index contributed by atoms with van der Waals surface area (Å²) in [7, 11) is 0. The first-order valence-electron chi connectivity index (χ1n) is 7.35. The van der Waals surface area contributed by atoms with Gasteiger partial charge in [0.1, 0.15) is 0 Å². The number of hydrogen-bond acceptors (Lipinski definition) is 2. The maximum Gasteiger partial charge on any atom is 0.0107 e. The summed E-state index contributed by atoms with van der Waals surface area (Å²) in [5, 5.41) is 3.65. The summed E-state index contributed by atoms with van der Waals surface area (Å²) < 4.78 is 0. The van der Waals surface area contributed by atoms with E-state index in [2.05, 4.69) is 44.8 Å². The van der Waals surface area contributed by atoms with Gasteiger partial charge in [-0.2, -0.15) is 0 Å². The number of hydrogen-bond donors (Lipinski definition) is 1. The third-order valence-electron chi connectivity index (χ3n) is 3.85. The summed E-state index contributed by atoms with van der Waals surface area (Å²) in [5.74, 6) is 0.832. The molecule has 1 aliphatic heterocycles. The van der Waals surface area contributed by atoms with Crippen molar-refractivity contribution in [2.75, 3.05) is 26.2 Å². The predicted octanol–water partition coefficient (Wildman–Crippen LogP) is 3.13. The van der Waals surface area contributed by atoms with E-state index in [0.717, 1.165) is 12.5 Å². The van der Waals surface area contributed by atoms with Crippen LogP contribution in [0.2, 0.25) is 0 Å². The Labute approximate surface area is 108 Å². The van der Waals surface area contributed by atoms with Crippen LogP contribution in [0.1, 0.15) is 53.9 Å². The standard InChI is InChI=1S/C15H32N2/c1-13(2)6-7-14(3)16-9-11-17-10-8-15(4,5)12-17/h13-14,16H,6-12H2,1-5H3. The van der Waals surface area contributed by atoms with Crippen LogP contribution < -0.4 is 5.32 Å². The first-order valence-corrected chi connectivity index (χ1v) is 7.35. The average Bonchev–Trinajstić information content (AvgIpc) is 2.55. The molecule has 1 unspecified atom stereocenters. The van der Waals surface area contributed by atoms with E-state index in [1.807, 2.05) is 0 Å². The van der Waals surface area contributed by atoms with E-state index in [4.69, 9.17) is 0 Å². The zero-order valence-electron chi connectivity index (χ0n) is 12.6.